The first kappa shape index (κ1) is 10.5. The fourth-order valence-electron chi connectivity index (χ4n) is 1.37. The molecule has 0 saturated heterocycles. The summed E-state index contributed by atoms with van der Waals surface area (Å²) in [5, 5.41) is 15.8. The topological polar surface area (TPSA) is 82.2 Å². The van der Waals surface area contributed by atoms with Gasteiger partial charge < -0.3 is 0 Å². The molecule has 0 spiro atoms. The molecule has 0 fully saturated rings. The Morgan fingerprint density at radius 3 is 2.75 bits per heavy atom. The minimum Gasteiger partial charge on any atom is -0.251 e. The van der Waals surface area contributed by atoms with Crippen LogP contribution in [0.2, 0.25) is 0 Å². The number of tetrazole rings is 1. The zero-order valence-corrected chi connectivity index (χ0v) is 8.57. The van der Waals surface area contributed by atoms with Gasteiger partial charge >= 0.3 is 5.69 Å². The maximum Gasteiger partial charge on any atom is 0.368 e. The highest BCUT2D eigenvalue weighted by Crippen LogP contribution is 2.11. The van der Waals surface area contributed by atoms with Gasteiger partial charge in [0.15, 0.2) is 0 Å². The minimum absolute atomic E-state index is 0.0147. The summed E-state index contributed by atoms with van der Waals surface area (Å²) in [6, 6.07) is 6.97. The standard InChI is InChI=1S/C9H10N4O3/c1-12-9(14)13(11-10-12)8-5-3-2-4-7(8)6-16-15/h2-5,15H,6H2,1H3. The van der Waals surface area contributed by atoms with Crippen molar-refractivity contribution >= 4 is 0 Å². The van der Waals surface area contributed by atoms with E-state index >= 15 is 0 Å². The van der Waals surface area contributed by atoms with Crippen molar-refractivity contribution in [1.82, 2.24) is 19.8 Å². The minimum atomic E-state index is -0.356. The Hall–Kier alpha value is -1.99. The number of rotatable bonds is 3. The zero-order chi connectivity index (χ0) is 11.5. The van der Waals surface area contributed by atoms with Gasteiger partial charge in [0.1, 0.15) is 6.61 Å². The van der Waals surface area contributed by atoms with Crippen LogP contribution in [0.4, 0.5) is 0 Å². The third kappa shape index (κ3) is 1.73. The fraction of sp³-hybridized carbons (Fsp3) is 0.222. The lowest BCUT2D eigenvalue weighted by molar-refractivity contribution is -0.252. The molecule has 0 aliphatic carbocycles. The molecule has 2 rings (SSSR count). The molecular weight excluding hydrogens is 212 g/mol. The van der Waals surface area contributed by atoms with Gasteiger partial charge in [-0.1, -0.05) is 18.2 Å². The molecule has 0 bridgehead atoms. The quantitative estimate of drug-likeness (QED) is 0.581. The molecule has 16 heavy (non-hydrogen) atoms. The summed E-state index contributed by atoms with van der Waals surface area (Å²) in [5.74, 6) is 0. The molecule has 1 heterocycles. The summed E-state index contributed by atoms with van der Waals surface area (Å²) >= 11 is 0. The highest BCUT2D eigenvalue weighted by atomic mass is 17.1. The second kappa shape index (κ2) is 4.25. The van der Waals surface area contributed by atoms with Gasteiger partial charge in [-0.15, -0.1) is 0 Å². The van der Waals surface area contributed by atoms with Crippen molar-refractivity contribution in [3.05, 3.63) is 40.3 Å². The van der Waals surface area contributed by atoms with Crippen LogP contribution in [-0.4, -0.2) is 25.0 Å². The number of aryl methyl sites for hydroxylation is 1. The second-order valence-corrected chi connectivity index (χ2v) is 3.20. The lowest BCUT2D eigenvalue weighted by Crippen LogP contribution is -2.22. The Bertz CT molecular complexity index is 546. The Balaban J connectivity index is 2.55. The molecule has 0 radical (unpaired) electrons. The van der Waals surface area contributed by atoms with Gasteiger partial charge in [-0.25, -0.2) is 9.68 Å². The van der Waals surface area contributed by atoms with Gasteiger partial charge in [0.05, 0.1) is 5.69 Å². The summed E-state index contributed by atoms with van der Waals surface area (Å²) in [6.07, 6.45) is 0. The van der Waals surface area contributed by atoms with E-state index < -0.39 is 0 Å². The van der Waals surface area contributed by atoms with E-state index in [4.69, 9.17) is 5.26 Å². The van der Waals surface area contributed by atoms with Gasteiger partial charge in [0.25, 0.3) is 0 Å². The predicted molar refractivity (Wildman–Crippen MR) is 54.0 cm³/mol. The number of aromatic nitrogens is 4. The van der Waals surface area contributed by atoms with Gasteiger partial charge in [-0.05, 0) is 16.5 Å². The normalized spacial score (nSPS) is 10.6. The van der Waals surface area contributed by atoms with Crippen LogP contribution in [-0.2, 0) is 18.5 Å². The van der Waals surface area contributed by atoms with Crippen LogP contribution in [0.25, 0.3) is 5.69 Å². The maximum absolute atomic E-state index is 11.6. The summed E-state index contributed by atoms with van der Waals surface area (Å²) in [4.78, 5) is 15.7. The van der Waals surface area contributed by atoms with Gasteiger partial charge in [-0.3, -0.25) is 5.26 Å². The van der Waals surface area contributed by atoms with Gasteiger partial charge in [0, 0.05) is 12.6 Å². The highest BCUT2D eigenvalue weighted by Gasteiger charge is 2.10. The molecule has 0 amide bonds. The number of hydrogen-bond donors (Lipinski definition) is 1. The molecule has 2 aromatic rings. The smallest absolute Gasteiger partial charge is 0.251 e. The molecular formula is C9H10N4O3. The predicted octanol–water partition coefficient (Wildman–Crippen LogP) is -0.0444. The van der Waals surface area contributed by atoms with E-state index in [1.807, 2.05) is 0 Å². The van der Waals surface area contributed by atoms with E-state index in [1.54, 1.807) is 24.3 Å². The zero-order valence-electron chi connectivity index (χ0n) is 8.57. The van der Waals surface area contributed by atoms with E-state index in [9.17, 15) is 4.79 Å². The van der Waals surface area contributed by atoms with E-state index in [-0.39, 0.29) is 12.3 Å². The molecule has 1 aromatic carbocycles. The Kier molecular flexibility index (Phi) is 2.80. The lowest BCUT2D eigenvalue weighted by atomic mass is 10.2. The van der Waals surface area contributed by atoms with E-state index in [0.717, 1.165) is 9.36 Å². The van der Waals surface area contributed by atoms with Crippen LogP contribution >= 0.6 is 0 Å². The van der Waals surface area contributed by atoms with Gasteiger partial charge in [0.2, 0.25) is 0 Å². The second-order valence-electron chi connectivity index (χ2n) is 3.20. The van der Waals surface area contributed by atoms with Crippen molar-refractivity contribution in [2.45, 2.75) is 6.61 Å². The Morgan fingerprint density at radius 1 is 1.38 bits per heavy atom. The van der Waals surface area contributed by atoms with E-state index in [0.29, 0.717) is 11.3 Å². The first-order valence-electron chi connectivity index (χ1n) is 4.57. The molecule has 0 aliphatic rings. The van der Waals surface area contributed by atoms with Crippen LogP contribution in [0.15, 0.2) is 29.1 Å². The van der Waals surface area contributed by atoms with Crippen LogP contribution in [0.1, 0.15) is 5.56 Å². The molecule has 84 valence electrons. The van der Waals surface area contributed by atoms with Crippen LogP contribution in [0, 0.1) is 0 Å². The van der Waals surface area contributed by atoms with Crippen molar-refractivity contribution < 1.29 is 10.1 Å². The number of nitrogens with zero attached hydrogens (tertiary/aromatic N) is 4. The first-order valence-corrected chi connectivity index (χ1v) is 4.57. The molecule has 7 heteroatoms. The fourth-order valence-corrected chi connectivity index (χ4v) is 1.37. The van der Waals surface area contributed by atoms with Crippen molar-refractivity contribution in [3.8, 4) is 5.69 Å². The van der Waals surface area contributed by atoms with Crippen LogP contribution in [0.3, 0.4) is 0 Å². The molecule has 0 unspecified atom stereocenters. The number of hydrogen-bond acceptors (Lipinski definition) is 5. The van der Waals surface area contributed by atoms with Crippen LogP contribution in [0.5, 0.6) is 0 Å². The van der Waals surface area contributed by atoms with Crippen molar-refractivity contribution in [2.75, 3.05) is 0 Å². The average molecular weight is 222 g/mol. The Morgan fingerprint density at radius 2 is 2.12 bits per heavy atom. The third-order valence-corrected chi connectivity index (χ3v) is 2.16. The summed E-state index contributed by atoms with van der Waals surface area (Å²) in [6.45, 7) is -0.0147. The molecule has 0 aliphatic heterocycles. The van der Waals surface area contributed by atoms with Crippen molar-refractivity contribution in [1.29, 1.82) is 0 Å². The number of para-hydroxylation sites is 1. The molecule has 0 saturated carbocycles. The monoisotopic (exact) mass is 222 g/mol. The molecule has 1 N–H and O–H groups in total. The van der Waals surface area contributed by atoms with E-state index in [1.165, 1.54) is 7.05 Å². The van der Waals surface area contributed by atoms with Crippen molar-refractivity contribution in [2.24, 2.45) is 7.05 Å². The van der Waals surface area contributed by atoms with Gasteiger partial charge in [-0.2, -0.15) is 9.36 Å². The molecule has 1 aromatic heterocycles. The van der Waals surface area contributed by atoms with E-state index in [2.05, 4.69) is 15.3 Å². The molecule has 7 nitrogen and oxygen atoms in total. The maximum atomic E-state index is 11.6. The number of benzene rings is 1. The summed E-state index contributed by atoms with van der Waals surface area (Å²) < 4.78 is 2.27. The lowest BCUT2D eigenvalue weighted by Gasteiger charge is -2.05. The largest absolute Gasteiger partial charge is 0.368 e. The highest BCUT2D eigenvalue weighted by molar-refractivity contribution is 5.39. The first-order chi connectivity index (χ1) is 7.74. The summed E-state index contributed by atoms with van der Waals surface area (Å²) in [7, 11) is 1.51. The average Bonchev–Trinajstić information content (AvgIpc) is 2.61. The van der Waals surface area contributed by atoms with Crippen molar-refractivity contribution in [3.63, 3.8) is 0 Å². The third-order valence-electron chi connectivity index (χ3n) is 2.16. The SMILES string of the molecule is Cn1nnn(-c2ccccc2COO)c1=O. The van der Waals surface area contributed by atoms with Crippen LogP contribution < -0.4 is 5.69 Å². The Labute approximate surface area is 90.4 Å². The molecule has 0 atom stereocenters. The summed E-state index contributed by atoms with van der Waals surface area (Å²) in [5.41, 5.74) is 0.827.